The summed E-state index contributed by atoms with van der Waals surface area (Å²) >= 11 is 0. The summed E-state index contributed by atoms with van der Waals surface area (Å²) < 4.78 is 30.7. The van der Waals surface area contributed by atoms with Gasteiger partial charge in [0.05, 0.1) is 11.7 Å². The van der Waals surface area contributed by atoms with E-state index >= 15 is 0 Å². The zero-order valence-corrected chi connectivity index (χ0v) is 17.6. The molecule has 0 atom stereocenters. The lowest BCUT2D eigenvalue weighted by Gasteiger charge is -2.18. The van der Waals surface area contributed by atoms with Crippen molar-refractivity contribution in [2.45, 2.75) is 69.7 Å². The number of hydrogen-bond donors (Lipinski definition) is 2. The second-order valence-electron chi connectivity index (χ2n) is 8.37. The SMILES string of the molecule is CC(=O)Nc1ccc(NS(=O)(=O)c2cn(C3CCCC3)nc2C(C)(C)C)cc1. The topological polar surface area (TPSA) is 93.1 Å². The number of hydrogen-bond acceptors (Lipinski definition) is 4. The van der Waals surface area contributed by atoms with Gasteiger partial charge in [-0.1, -0.05) is 33.6 Å². The van der Waals surface area contributed by atoms with Crippen LogP contribution in [0.4, 0.5) is 11.4 Å². The molecule has 1 aliphatic carbocycles. The Morgan fingerprint density at radius 2 is 1.68 bits per heavy atom. The fourth-order valence-corrected chi connectivity index (χ4v) is 4.89. The molecule has 0 radical (unpaired) electrons. The highest BCUT2D eigenvalue weighted by Gasteiger charge is 2.32. The summed E-state index contributed by atoms with van der Waals surface area (Å²) in [5.41, 5.74) is 1.22. The number of carbonyl (C=O) groups is 1. The summed E-state index contributed by atoms with van der Waals surface area (Å²) in [6, 6.07) is 6.83. The molecular weight excluding hydrogens is 376 g/mol. The molecule has 1 aliphatic rings. The molecule has 2 N–H and O–H groups in total. The molecule has 1 amide bonds. The average Bonchev–Trinajstić information content (AvgIpc) is 3.25. The molecule has 1 aromatic heterocycles. The van der Waals surface area contributed by atoms with E-state index in [2.05, 4.69) is 15.1 Å². The van der Waals surface area contributed by atoms with Gasteiger partial charge in [0.25, 0.3) is 10.0 Å². The highest BCUT2D eigenvalue weighted by atomic mass is 32.2. The average molecular weight is 405 g/mol. The van der Waals surface area contributed by atoms with Gasteiger partial charge in [0.15, 0.2) is 0 Å². The van der Waals surface area contributed by atoms with Crippen LogP contribution in [0.15, 0.2) is 35.4 Å². The minimum absolute atomic E-state index is 0.178. The summed E-state index contributed by atoms with van der Waals surface area (Å²) in [5, 5.41) is 7.33. The number of aromatic nitrogens is 2. The Morgan fingerprint density at radius 1 is 1.11 bits per heavy atom. The Bertz CT molecular complexity index is 950. The van der Waals surface area contributed by atoms with E-state index in [-0.39, 0.29) is 16.8 Å². The van der Waals surface area contributed by atoms with Crippen molar-refractivity contribution in [2.75, 3.05) is 10.0 Å². The zero-order chi connectivity index (χ0) is 20.5. The second-order valence-corrected chi connectivity index (χ2v) is 10.0. The van der Waals surface area contributed by atoms with Crippen LogP contribution in [0.2, 0.25) is 0 Å². The third-order valence-corrected chi connectivity index (χ3v) is 6.24. The van der Waals surface area contributed by atoms with E-state index < -0.39 is 15.4 Å². The number of nitrogens with zero attached hydrogens (tertiary/aromatic N) is 2. The van der Waals surface area contributed by atoms with E-state index in [0.717, 1.165) is 25.7 Å². The Hall–Kier alpha value is -2.35. The van der Waals surface area contributed by atoms with Crippen LogP contribution in [0, 0.1) is 0 Å². The number of anilines is 2. The Morgan fingerprint density at radius 3 is 2.21 bits per heavy atom. The molecule has 0 bridgehead atoms. The first-order valence-corrected chi connectivity index (χ1v) is 11.0. The van der Waals surface area contributed by atoms with Crippen LogP contribution in [0.3, 0.4) is 0 Å². The summed E-state index contributed by atoms with van der Waals surface area (Å²) in [7, 11) is -3.79. The van der Waals surface area contributed by atoms with Crippen LogP contribution < -0.4 is 10.0 Å². The van der Waals surface area contributed by atoms with Crippen molar-refractivity contribution >= 4 is 27.3 Å². The minimum atomic E-state index is -3.79. The standard InChI is InChI=1S/C20H28N4O3S/c1-14(25)21-15-9-11-16(12-10-15)23-28(26,27)18-13-24(17-7-5-6-8-17)22-19(18)20(2,3)4/h9-13,17,23H,5-8H2,1-4H3,(H,21,25). The Labute approximate surface area is 166 Å². The quantitative estimate of drug-likeness (QED) is 0.786. The molecule has 1 fully saturated rings. The molecular formula is C20H28N4O3S. The van der Waals surface area contributed by atoms with Crippen molar-refractivity contribution in [3.8, 4) is 0 Å². The monoisotopic (exact) mass is 404 g/mol. The van der Waals surface area contributed by atoms with Gasteiger partial charge in [-0.05, 0) is 37.1 Å². The van der Waals surface area contributed by atoms with Gasteiger partial charge in [0.2, 0.25) is 5.91 Å². The molecule has 0 spiro atoms. The van der Waals surface area contributed by atoms with Gasteiger partial charge in [0, 0.05) is 29.9 Å². The number of rotatable bonds is 5. The molecule has 8 heteroatoms. The molecule has 0 unspecified atom stereocenters. The van der Waals surface area contributed by atoms with Crippen LogP contribution in [-0.2, 0) is 20.2 Å². The molecule has 2 aromatic rings. The molecule has 1 saturated carbocycles. The molecule has 0 saturated heterocycles. The number of amides is 1. The van der Waals surface area contributed by atoms with Crippen molar-refractivity contribution < 1.29 is 13.2 Å². The van der Waals surface area contributed by atoms with Crippen LogP contribution in [0.5, 0.6) is 0 Å². The molecule has 1 heterocycles. The van der Waals surface area contributed by atoms with E-state index in [9.17, 15) is 13.2 Å². The van der Waals surface area contributed by atoms with Crippen molar-refractivity contribution in [2.24, 2.45) is 0 Å². The third-order valence-electron chi connectivity index (χ3n) is 4.85. The lowest BCUT2D eigenvalue weighted by atomic mass is 9.92. The maximum absolute atomic E-state index is 13.1. The van der Waals surface area contributed by atoms with Crippen LogP contribution in [0.1, 0.15) is 65.1 Å². The van der Waals surface area contributed by atoms with E-state index in [4.69, 9.17) is 0 Å². The molecule has 1 aromatic carbocycles. The maximum atomic E-state index is 13.1. The van der Waals surface area contributed by atoms with E-state index in [0.29, 0.717) is 17.1 Å². The first kappa shape index (κ1) is 20.4. The van der Waals surface area contributed by atoms with E-state index in [1.807, 2.05) is 25.5 Å². The van der Waals surface area contributed by atoms with Crippen LogP contribution in [0.25, 0.3) is 0 Å². The number of benzene rings is 1. The molecule has 28 heavy (non-hydrogen) atoms. The normalized spacial score (nSPS) is 15.6. The van der Waals surface area contributed by atoms with Crippen LogP contribution >= 0.6 is 0 Å². The fraction of sp³-hybridized carbons (Fsp3) is 0.500. The van der Waals surface area contributed by atoms with Crippen molar-refractivity contribution in [1.29, 1.82) is 0 Å². The van der Waals surface area contributed by atoms with Crippen molar-refractivity contribution in [3.63, 3.8) is 0 Å². The van der Waals surface area contributed by atoms with Crippen molar-refractivity contribution in [1.82, 2.24) is 9.78 Å². The van der Waals surface area contributed by atoms with Gasteiger partial charge in [-0.2, -0.15) is 5.10 Å². The lowest BCUT2D eigenvalue weighted by molar-refractivity contribution is -0.114. The fourth-order valence-electron chi connectivity index (χ4n) is 3.48. The van der Waals surface area contributed by atoms with Crippen molar-refractivity contribution in [3.05, 3.63) is 36.2 Å². The van der Waals surface area contributed by atoms with Gasteiger partial charge in [-0.15, -0.1) is 0 Å². The van der Waals surface area contributed by atoms with E-state index in [1.54, 1.807) is 30.5 Å². The smallest absolute Gasteiger partial charge is 0.265 e. The summed E-state index contributed by atoms with van der Waals surface area (Å²) in [4.78, 5) is 11.3. The first-order chi connectivity index (χ1) is 13.1. The number of nitrogens with one attached hydrogen (secondary N) is 2. The predicted molar refractivity (Wildman–Crippen MR) is 110 cm³/mol. The van der Waals surface area contributed by atoms with Gasteiger partial charge >= 0.3 is 0 Å². The van der Waals surface area contributed by atoms with Crippen LogP contribution in [-0.4, -0.2) is 24.1 Å². The lowest BCUT2D eigenvalue weighted by Crippen LogP contribution is -2.20. The highest BCUT2D eigenvalue weighted by Crippen LogP contribution is 2.34. The molecule has 7 nitrogen and oxygen atoms in total. The number of carbonyl (C=O) groups excluding carboxylic acids is 1. The molecule has 152 valence electrons. The minimum Gasteiger partial charge on any atom is -0.326 e. The summed E-state index contributed by atoms with van der Waals surface area (Å²) in [6.45, 7) is 7.33. The predicted octanol–water partition coefficient (Wildman–Crippen LogP) is 4.05. The summed E-state index contributed by atoms with van der Waals surface area (Å²) in [5.74, 6) is -0.178. The van der Waals surface area contributed by atoms with Gasteiger partial charge < -0.3 is 5.32 Å². The van der Waals surface area contributed by atoms with Gasteiger partial charge in [-0.3, -0.25) is 14.2 Å². The summed E-state index contributed by atoms with van der Waals surface area (Å²) in [6.07, 6.45) is 6.03. The largest absolute Gasteiger partial charge is 0.326 e. The number of sulfonamides is 1. The zero-order valence-electron chi connectivity index (χ0n) is 16.8. The molecule has 0 aliphatic heterocycles. The molecule has 3 rings (SSSR count). The van der Waals surface area contributed by atoms with Gasteiger partial charge in [-0.25, -0.2) is 8.42 Å². The van der Waals surface area contributed by atoms with E-state index in [1.165, 1.54) is 6.92 Å². The first-order valence-electron chi connectivity index (χ1n) is 9.56. The highest BCUT2D eigenvalue weighted by molar-refractivity contribution is 7.92. The second kappa shape index (κ2) is 7.58. The Kier molecular flexibility index (Phi) is 5.52. The Balaban J connectivity index is 1.90. The van der Waals surface area contributed by atoms with Gasteiger partial charge in [0.1, 0.15) is 4.90 Å². The maximum Gasteiger partial charge on any atom is 0.265 e. The third kappa shape index (κ3) is 4.55.